The van der Waals surface area contributed by atoms with E-state index in [1.807, 2.05) is 0 Å². The van der Waals surface area contributed by atoms with Crippen LogP contribution in [0, 0.1) is 93.0 Å². The van der Waals surface area contributed by atoms with E-state index in [0.29, 0.717) is 0 Å². The van der Waals surface area contributed by atoms with Crippen LogP contribution in [0.4, 0.5) is 0 Å². The summed E-state index contributed by atoms with van der Waals surface area (Å²) in [5.74, 6) is 2.68. The summed E-state index contributed by atoms with van der Waals surface area (Å²) in [5, 5.41) is 0. The zero-order valence-corrected chi connectivity index (χ0v) is 16.4. The molecule has 15 radical (unpaired) electrons. The Labute approximate surface area is 172 Å². The van der Waals surface area contributed by atoms with Crippen molar-refractivity contribution in [2.45, 2.75) is 0 Å². The molecule has 0 amide bonds. The molecule has 2 aromatic carbocycles. The Morgan fingerprint density at radius 1 is 0.429 bits per heavy atom. The second-order valence-corrected chi connectivity index (χ2v) is 9.01. The Hall–Kier alpha value is -1.13. The van der Waals surface area contributed by atoms with Crippen molar-refractivity contribution in [3.63, 3.8) is 0 Å². The van der Waals surface area contributed by atoms with Gasteiger partial charge in [0.2, 0.25) is 0 Å². The van der Waals surface area contributed by atoms with E-state index < -0.39 is 7.92 Å². The van der Waals surface area contributed by atoms with Gasteiger partial charge >= 0.3 is 0 Å². The fourth-order valence-corrected chi connectivity index (χ4v) is 6.50. The van der Waals surface area contributed by atoms with E-state index in [-0.39, 0.29) is 0 Å². The SMILES string of the molecule is [CH]1[CH][CH][C](P([C]2[CH][CH][CH][C]2c2ccccc2)[C]2[CH][CH][CH][C]2c2ccccc2)[CH]1. The molecule has 0 bridgehead atoms. The predicted molar refractivity (Wildman–Crippen MR) is 117 cm³/mol. The first-order valence-corrected chi connectivity index (χ1v) is 10.9. The molecule has 2 aromatic rings. The van der Waals surface area contributed by atoms with Gasteiger partial charge in [0, 0.05) is 28.8 Å². The van der Waals surface area contributed by atoms with Gasteiger partial charge in [-0.3, -0.25) is 0 Å². The van der Waals surface area contributed by atoms with Crippen LogP contribution in [0.5, 0.6) is 0 Å². The average Bonchev–Trinajstić information content (AvgIpc) is 3.53. The summed E-state index contributed by atoms with van der Waals surface area (Å²) in [5.41, 5.74) is 6.83. The molecule has 3 fully saturated rings. The highest BCUT2D eigenvalue weighted by Crippen LogP contribution is 2.76. The van der Waals surface area contributed by atoms with Gasteiger partial charge < -0.3 is 0 Å². The van der Waals surface area contributed by atoms with Gasteiger partial charge in [0.05, 0.1) is 0 Å². The minimum atomic E-state index is -0.624. The Kier molecular flexibility index (Phi) is 5.87. The molecule has 3 aliphatic carbocycles. The van der Waals surface area contributed by atoms with Crippen LogP contribution in [0.3, 0.4) is 0 Å². The van der Waals surface area contributed by atoms with Crippen molar-refractivity contribution in [1.82, 2.24) is 0 Å². The molecule has 1 heteroatoms. The van der Waals surface area contributed by atoms with Gasteiger partial charge in [-0.1, -0.05) is 68.6 Å². The molecule has 0 heterocycles. The summed E-state index contributed by atoms with van der Waals surface area (Å²) in [6.45, 7) is 0. The van der Waals surface area contributed by atoms with E-state index in [1.165, 1.54) is 39.9 Å². The molecule has 0 N–H and O–H groups in total. The van der Waals surface area contributed by atoms with Gasteiger partial charge in [-0.2, -0.15) is 0 Å². The standard InChI is InChI=1S/C27H20P/c1-3-11-21(12-4-1)24-17-9-19-26(24)28(23-15-7-8-16-23)27-20-10-18-25(27)22-13-5-2-6-14-22/h1-20H. The lowest BCUT2D eigenvalue weighted by molar-refractivity contribution is 1.20. The van der Waals surface area contributed by atoms with E-state index in [9.17, 15) is 0 Å². The minimum Gasteiger partial charge on any atom is -0.0816 e. The second-order valence-electron chi connectivity index (χ2n) is 6.86. The Balaban J connectivity index is 1.48. The third-order valence-electron chi connectivity index (χ3n) is 5.14. The van der Waals surface area contributed by atoms with Gasteiger partial charge in [0.15, 0.2) is 0 Å². The fourth-order valence-electron chi connectivity index (χ4n) is 3.86. The van der Waals surface area contributed by atoms with Crippen molar-refractivity contribution in [2.75, 3.05) is 0 Å². The van der Waals surface area contributed by atoms with Crippen molar-refractivity contribution >= 4 is 7.92 Å². The van der Waals surface area contributed by atoms with Crippen LogP contribution in [-0.2, 0) is 0 Å². The molecular formula is C27H20P. The number of rotatable bonds is 5. The van der Waals surface area contributed by atoms with Crippen molar-refractivity contribution in [3.05, 3.63) is 165 Å². The van der Waals surface area contributed by atoms with E-state index >= 15 is 0 Å². The molecule has 0 nitrogen and oxygen atoms in total. The van der Waals surface area contributed by atoms with Gasteiger partial charge in [-0.15, -0.1) is 0 Å². The molecular weight excluding hydrogens is 355 g/mol. The summed E-state index contributed by atoms with van der Waals surface area (Å²) in [6, 6.07) is 21.5. The second kappa shape index (κ2) is 8.71. The lowest BCUT2D eigenvalue weighted by Crippen LogP contribution is -2.15. The van der Waals surface area contributed by atoms with Crippen molar-refractivity contribution in [2.24, 2.45) is 0 Å². The van der Waals surface area contributed by atoms with E-state index in [4.69, 9.17) is 0 Å². The molecule has 5 rings (SSSR count). The molecule has 28 heavy (non-hydrogen) atoms. The molecule has 0 saturated heterocycles. The Bertz CT molecular complexity index is 676. The number of benzene rings is 2. The summed E-state index contributed by atoms with van der Waals surface area (Å²) in [6.07, 6.45) is 22.4. The summed E-state index contributed by atoms with van der Waals surface area (Å²) in [7, 11) is -0.624. The van der Waals surface area contributed by atoms with Crippen LogP contribution in [-0.4, -0.2) is 0 Å². The minimum absolute atomic E-state index is 0.624. The van der Waals surface area contributed by atoms with Crippen molar-refractivity contribution in [3.8, 4) is 0 Å². The van der Waals surface area contributed by atoms with Gasteiger partial charge in [0.25, 0.3) is 0 Å². The predicted octanol–water partition coefficient (Wildman–Crippen LogP) is 6.39. The van der Waals surface area contributed by atoms with Crippen LogP contribution in [0.25, 0.3) is 0 Å². The average molecular weight is 375 g/mol. The van der Waals surface area contributed by atoms with Crippen molar-refractivity contribution < 1.29 is 0 Å². The van der Waals surface area contributed by atoms with Crippen molar-refractivity contribution in [1.29, 1.82) is 0 Å². The third kappa shape index (κ3) is 3.70. The molecule has 0 atom stereocenters. The lowest BCUT2D eigenvalue weighted by atomic mass is 9.97. The normalized spacial score (nSPS) is 23.3. The molecule has 0 aromatic heterocycles. The summed E-state index contributed by atoms with van der Waals surface area (Å²) in [4.78, 5) is 0. The molecule has 133 valence electrons. The largest absolute Gasteiger partial charge is 0.0816 e. The molecule has 0 aliphatic heterocycles. The Morgan fingerprint density at radius 3 is 1.36 bits per heavy atom. The quantitative estimate of drug-likeness (QED) is 0.531. The topological polar surface area (TPSA) is 0 Å². The first-order chi connectivity index (χ1) is 13.9. The first-order valence-electron chi connectivity index (χ1n) is 9.56. The third-order valence-corrected chi connectivity index (χ3v) is 7.70. The highest BCUT2D eigenvalue weighted by Gasteiger charge is 2.48. The molecule has 3 aliphatic rings. The van der Waals surface area contributed by atoms with Crippen LogP contribution >= 0.6 is 7.92 Å². The van der Waals surface area contributed by atoms with Crippen LogP contribution in [0.1, 0.15) is 11.1 Å². The maximum absolute atomic E-state index is 2.31. The lowest BCUT2D eigenvalue weighted by Gasteiger charge is -2.39. The number of hydrogen-bond acceptors (Lipinski definition) is 0. The fraction of sp³-hybridized carbons (Fsp3) is 0. The van der Waals surface area contributed by atoms with Crippen LogP contribution in [0.15, 0.2) is 60.7 Å². The van der Waals surface area contributed by atoms with Gasteiger partial charge in [-0.25, -0.2) is 0 Å². The molecule has 3 saturated carbocycles. The first kappa shape index (κ1) is 18.9. The van der Waals surface area contributed by atoms with E-state index in [2.05, 4.69) is 125 Å². The molecule has 0 spiro atoms. The smallest absolute Gasteiger partial charge is 0.0204 e. The van der Waals surface area contributed by atoms with E-state index in [1.54, 1.807) is 0 Å². The summed E-state index contributed by atoms with van der Waals surface area (Å²) < 4.78 is 0. The Morgan fingerprint density at radius 2 is 0.893 bits per heavy atom. The van der Waals surface area contributed by atoms with Gasteiger partial charge in [0.1, 0.15) is 0 Å². The highest BCUT2D eigenvalue weighted by atomic mass is 31.1. The monoisotopic (exact) mass is 375 g/mol. The zero-order valence-electron chi connectivity index (χ0n) is 15.5. The van der Waals surface area contributed by atoms with Crippen LogP contribution < -0.4 is 0 Å². The van der Waals surface area contributed by atoms with Gasteiger partial charge in [-0.05, 0) is 75.3 Å². The summed E-state index contributed by atoms with van der Waals surface area (Å²) >= 11 is 0. The van der Waals surface area contributed by atoms with E-state index in [0.717, 1.165) is 0 Å². The zero-order chi connectivity index (χ0) is 18.8. The highest BCUT2D eigenvalue weighted by molar-refractivity contribution is 7.68. The maximum Gasteiger partial charge on any atom is 0.0204 e. The molecule has 0 unspecified atom stereocenters. The number of hydrogen-bond donors (Lipinski definition) is 0. The van der Waals surface area contributed by atoms with Crippen LogP contribution in [0.2, 0.25) is 0 Å². The maximum atomic E-state index is 2.31.